The van der Waals surface area contributed by atoms with Gasteiger partial charge in [0.2, 0.25) is 11.8 Å². The molecule has 0 bridgehead atoms. The van der Waals surface area contributed by atoms with Crippen molar-refractivity contribution in [2.24, 2.45) is 10.9 Å². The van der Waals surface area contributed by atoms with Crippen LogP contribution >= 0.6 is 0 Å². The Balaban J connectivity index is 2.57. The molecule has 0 unspecified atom stereocenters. The second kappa shape index (κ2) is 10.3. The maximum Gasteiger partial charge on any atom is 0.242 e. The van der Waals surface area contributed by atoms with Gasteiger partial charge in [0, 0.05) is 26.2 Å². The third kappa shape index (κ3) is 9.94. The summed E-state index contributed by atoms with van der Waals surface area (Å²) >= 11 is 0. The number of hydrogen-bond acceptors (Lipinski definition) is 3. The maximum atomic E-state index is 12.0. The molecule has 25 heavy (non-hydrogen) atoms. The molecule has 144 valence electrons. The van der Waals surface area contributed by atoms with Crippen molar-refractivity contribution in [3.05, 3.63) is 0 Å². The Bertz CT molecular complexity index is 463. The number of carbonyl (C=O) groups is 2. The van der Waals surface area contributed by atoms with Crippen molar-refractivity contribution in [2.45, 2.75) is 58.4 Å². The first kappa shape index (κ1) is 21.3. The van der Waals surface area contributed by atoms with E-state index in [0.717, 1.165) is 6.54 Å². The third-order valence-electron chi connectivity index (χ3n) is 4.08. The Morgan fingerprint density at radius 1 is 1.08 bits per heavy atom. The molecular weight excluding hydrogens is 318 g/mol. The number of aliphatic imine (C=N–C) groups is 1. The summed E-state index contributed by atoms with van der Waals surface area (Å²) in [5, 5.41) is 9.20. The average Bonchev–Trinajstić information content (AvgIpc) is 2.53. The van der Waals surface area contributed by atoms with E-state index >= 15 is 0 Å². The van der Waals surface area contributed by atoms with Gasteiger partial charge in [-0.3, -0.25) is 9.59 Å². The Labute approximate surface area is 152 Å². The molecule has 0 saturated heterocycles. The normalized spacial score (nSPS) is 16.3. The van der Waals surface area contributed by atoms with Crippen LogP contribution in [0.15, 0.2) is 4.99 Å². The van der Waals surface area contributed by atoms with E-state index < -0.39 is 0 Å². The number of nitrogens with one attached hydrogen (secondary N) is 3. The van der Waals surface area contributed by atoms with E-state index in [1.54, 1.807) is 14.1 Å². The van der Waals surface area contributed by atoms with E-state index in [1.165, 1.54) is 37.0 Å². The number of carbonyl (C=O) groups excluding carboxylic acids is 2. The minimum atomic E-state index is -0.281. The van der Waals surface area contributed by atoms with Crippen molar-refractivity contribution in [3.63, 3.8) is 0 Å². The molecule has 1 aliphatic carbocycles. The van der Waals surface area contributed by atoms with Gasteiger partial charge in [0.1, 0.15) is 6.54 Å². The smallest absolute Gasteiger partial charge is 0.242 e. The van der Waals surface area contributed by atoms with Crippen LogP contribution in [-0.2, 0) is 9.59 Å². The number of rotatable bonds is 6. The molecule has 1 fully saturated rings. The van der Waals surface area contributed by atoms with Gasteiger partial charge in [0.05, 0.1) is 6.54 Å². The highest BCUT2D eigenvalue weighted by atomic mass is 16.2. The van der Waals surface area contributed by atoms with Gasteiger partial charge in [-0.2, -0.15) is 0 Å². The first-order valence-electron chi connectivity index (χ1n) is 9.21. The lowest BCUT2D eigenvalue weighted by Crippen LogP contribution is -2.46. The van der Waals surface area contributed by atoms with E-state index in [1.807, 2.05) is 20.8 Å². The highest BCUT2D eigenvalue weighted by Crippen LogP contribution is 2.22. The zero-order valence-corrected chi connectivity index (χ0v) is 16.4. The van der Waals surface area contributed by atoms with Crippen molar-refractivity contribution >= 4 is 17.8 Å². The van der Waals surface area contributed by atoms with Gasteiger partial charge in [0.15, 0.2) is 5.96 Å². The van der Waals surface area contributed by atoms with Crippen molar-refractivity contribution in [1.29, 1.82) is 0 Å². The van der Waals surface area contributed by atoms with Crippen molar-refractivity contribution in [1.82, 2.24) is 20.9 Å². The quantitative estimate of drug-likeness (QED) is 0.493. The first-order valence-corrected chi connectivity index (χ1v) is 9.21. The van der Waals surface area contributed by atoms with E-state index in [4.69, 9.17) is 0 Å². The molecule has 0 heterocycles. The number of nitrogens with zero attached hydrogens (tertiary/aromatic N) is 2. The van der Waals surface area contributed by atoms with Crippen LogP contribution in [0.5, 0.6) is 0 Å². The van der Waals surface area contributed by atoms with Gasteiger partial charge in [-0.25, -0.2) is 4.99 Å². The molecule has 1 rings (SSSR count). The van der Waals surface area contributed by atoms with E-state index in [-0.39, 0.29) is 30.4 Å². The van der Waals surface area contributed by atoms with Gasteiger partial charge in [-0.05, 0) is 39.5 Å². The fourth-order valence-electron chi connectivity index (χ4n) is 2.73. The second-order valence-electron chi connectivity index (χ2n) is 7.99. The van der Waals surface area contributed by atoms with Crippen LogP contribution in [0.3, 0.4) is 0 Å². The standard InChI is InChI=1S/C18H35N5O2/c1-18(2,3)22-15(24)12-20-17(21-13-16(25)23(4)5)19-11-14-9-7-6-8-10-14/h14H,6-13H2,1-5H3,(H,22,24)(H2,19,20,21). The van der Waals surface area contributed by atoms with E-state index in [9.17, 15) is 9.59 Å². The van der Waals surface area contributed by atoms with E-state index in [2.05, 4.69) is 20.9 Å². The summed E-state index contributed by atoms with van der Waals surface area (Å²) in [6.45, 7) is 6.82. The molecular formula is C18H35N5O2. The Morgan fingerprint density at radius 2 is 1.72 bits per heavy atom. The molecule has 0 radical (unpaired) electrons. The molecule has 0 aromatic carbocycles. The molecule has 7 nitrogen and oxygen atoms in total. The van der Waals surface area contributed by atoms with Crippen LogP contribution in [0.25, 0.3) is 0 Å². The minimum Gasteiger partial charge on any atom is -0.356 e. The Hall–Kier alpha value is -1.79. The molecule has 1 aliphatic rings. The summed E-state index contributed by atoms with van der Waals surface area (Å²) in [5.41, 5.74) is -0.281. The van der Waals surface area contributed by atoms with Crippen molar-refractivity contribution in [2.75, 3.05) is 33.7 Å². The van der Waals surface area contributed by atoms with E-state index in [0.29, 0.717) is 11.9 Å². The molecule has 3 N–H and O–H groups in total. The van der Waals surface area contributed by atoms with Crippen LogP contribution < -0.4 is 16.0 Å². The Kier molecular flexibility index (Phi) is 8.72. The third-order valence-corrected chi connectivity index (χ3v) is 4.08. The van der Waals surface area contributed by atoms with Crippen molar-refractivity contribution in [3.8, 4) is 0 Å². The summed E-state index contributed by atoms with van der Waals surface area (Å²) in [6, 6.07) is 0. The van der Waals surface area contributed by atoms with Gasteiger partial charge in [-0.15, -0.1) is 0 Å². The fourth-order valence-corrected chi connectivity index (χ4v) is 2.73. The van der Waals surface area contributed by atoms with Gasteiger partial charge >= 0.3 is 0 Å². The second-order valence-corrected chi connectivity index (χ2v) is 7.99. The summed E-state index contributed by atoms with van der Waals surface area (Å²) in [6.07, 6.45) is 6.32. The van der Waals surface area contributed by atoms with Crippen LogP contribution in [0, 0.1) is 5.92 Å². The predicted molar refractivity (Wildman–Crippen MR) is 101 cm³/mol. The number of likely N-dealkylation sites (N-methyl/N-ethyl adjacent to an activating group) is 1. The van der Waals surface area contributed by atoms with Crippen LogP contribution in [-0.4, -0.2) is 61.9 Å². The molecule has 0 aromatic rings. The average molecular weight is 354 g/mol. The molecule has 7 heteroatoms. The first-order chi connectivity index (χ1) is 11.7. The summed E-state index contributed by atoms with van der Waals surface area (Å²) in [4.78, 5) is 29.6. The molecule has 0 aliphatic heterocycles. The minimum absolute atomic E-state index is 0.0351. The van der Waals surface area contributed by atoms with Crippen LogP contribution in [0.2, 0.25) is 0 Å². The zero-order chi connectivity index (χ0) is 18.9. The zero-order valence-electron chi connectivity index (χ0n) is 16.4. The summed E-state index contributed by atoms with van der Waals surface area (Å²) in [5.74, 6) is 0.982. The van der Waals surface area contributed by atoms with Crippen LogP contribution in [0.1, 0.15) is 52.9 Å². The lowest BCUT2D eigenvalue weighted by molar-refractivity contribution is -0.127. The fraction of sp³-hybridized carbons (Fsp3) is 0.833. The largest absolute Gasteiger partial charge is 0.356 e. The summed E-state index contributed by atoms with van der Waals surface area (Å²) < 4.78 is 0. The highest BCUT2D eigenvalue weighted by Gasteiger charge is 2.16. The molecule has 1 saturated carbocycles. The topological polar surface area (TPSA) is 85.8 Å². The number of hydrogen-bond donors (Lipinski definition) is 3. The van der Waals surface area contributed by atoms with Gasteiger partial charge in [-0.1, -0.05) is 19.3 Å². The van der Waals surface area contributed by atoms with Gasteiger partial charge < -0.3 is 20.9 Å². The Morgan fingerprint density at radius 3 is 2.28 bits per heavy atom. The predicted octanol–water partition coefficient (Wildman–Crippen LogP) is 1.10. The molecule has 0 atom stereocenters. The lowest BCUT2D eigenvalue weighted by atomic mass is 9.89. The van der Waals surface area contributed by atoms with Crippen molar-refractivity contribution < 1.29 is 9.59 Å². The molecule has 2 amide bonds. The highest BCUT2D eigenvalue weighted by molar-refractivity contribution is 5.88. The number of guanidine groups is 1. The van der Waals surface area contributed by atoms with Gasteiger partial charge in [0.25, 0.3) is 0 Å². The van der Waals surface area contributed by atoms with Crippen LogP contribution in [0.4, 0.5) is 0 Å². The SMILES string of the molecule is CN(C)C(=O)CNC(=NCC(=O)NC(C)(C)C)NCC1CCCCC1. The number of amides is 2. The molecule has 0 aromatic heterocycles. The maximum absolute atomic E-state index is 12.0. The lowest BCUT2D eigenvalue weighted by Gasteiger charge is -2.23. The summed E-state index contributed by atoms with van der Waals surface area (Å²) in [7, 11) is 3.43. The molecule has 0 spiro atoms. The monoisotopic (exact) mass is 353 g/mol.